The molecule has 1 aliphatic carbocycles. The van der Waals surface area contributed by atoms with Crippen LogP contribution in [0.1, 0.15) is 41.2 Å². The van der Waals surface area contributed by atoms with Crippen LogP contribution in [-0.4, -0.2) is 40.9 Å². The Morgan fingerprint density at radius 3 is 2.62 bits per heavy atom. The molecular formula is C25H24FN3O5. The van der Waals surface area contributed by atoms with Crippen molar-refractivity contribution in [1.29, 1.82) is 0 Å². The van der Waals surface area contributed by atoms with E-state index in [4.69, 9.17) is 4.74 Å². The first-order valence-electron chi connectivity index (χ1n) is 11.2. The Morgan fingerprint density at radius 2 is 1.91 bits per heavy atom. The number of carboxylic acid groups (broad SMARTS) is 1. The Labute approximate surface area is 194 Å². The maximum absolute atomic E-state index is 15.1. The summed E-state index contributed by atoms with van der Waals surface area (Å²) in [5.74, 6) is -1.92. The van der Waals surface area contributed by atoms with Crippen molar-refractivity contribution in [2.24, 2.45) is 0 Å². The number of hydrogen-bond acceptors (Lipinski definition) is 5. The van der Waals surface area contributed by atoms with Gasteiger partial charge in [-0.2, -0.15) is 0 Å². The summed E-state index contributed by atoms with van der Waals surface area (Å²) in [6.07, 6.45) is 3.21. The quantitative estimate of drug-likeness (QED) is 0.576. The fraction of sp³-hybridized carbons (Fsp3) is 0.320. The number of nitrogens with one attached hydrogen (secondary N) is 1. The molecule has 1 saturated heterocycles. The minimum absolute atomic E-state index is 0.0615. The summed E-state index contributed by atoms with van der Waals surface area (Å²) in [4.78, 5) is 38.2. The van der Waals surface area contributed by atoms with Gasteiger partial charge in [-0.05, 0) is 37.0 Å². The first-order chi connectivity index (χ1) is 16.4. The van der Waals surface area contributed by atoms with Crippen molar-refractivity contribution in [3.63, 3.8) is 0 Å². The lowest BCUT2D eigenvalue weighted by Gasteiger charge is -2.21. The molecule has 34 heavy (non-hydrogen) atoms. The van der Waals surface area contributed by atoms with Crippen LogP contribution in [0.2, 0.25) is 0 Å². The third kappa shape index (κ3) is 4.33. The number of ether oxygens (including phenoxy) is 1. The Balaban J connectivity index is 1.33. The first kappa shape index (κ1) is 21.9. The molecule has 2 aromatic carbocycles. The second kappa shape index (κ2) is 8.81. The standard InChI is InChI=1S/C25H24FN3O5/c26-20-10-18-21(29(17-6-7-17)13-19(23(18)30)24(31)32)11-22(20)28-9-8-16(12-28)27-25(33)34-14-15-4-2-1-3-5-15/h1-5,10-11,13,16-17H,6-9,12,14H2,(H,27,33)(H,31,32). The highest BCUT2D eigenvalue weighted by Crippen LogP contribution is 2.38. The third-order valence-electron chi connectivity index (χ3n) is 6.34. The topological polar surface area (TPSA) is 101 Å². The van der Waals surface area contributed by atoms with Crippen LogP contribution in [0.25, 0.3) is 10.9 Å². The predicted octanol–water partition coefficient (Wildman–Crippen LogP) is 3.68. The number of nitrogens with zero attached hydrogens (tertiary/aromatic N) is 2. The van der Waals surface area contributed by atoms with Gasteiger partial charge >= 0.3 is 12.1 Å². The molecule has 0 spiro atoms. The van der Waals surface area contributed by atoms with Crippen molar-refractivity contribution < 1.29 is 23.8 Å². The number of pyridine rings is 1. The van der Waals surface area contributed by atoms with Crippen LogP contribution in [0.4, 0.5) is 14.9 Å². The van der Waals surface area contributed by atoms with Gasteiger partial charge in [0.05, 0.1) is 17.2 Å². The third-order valence-corrected chi connectivity index (χ3v) is 6.34. The monoisotopic (exact) mass is 465 g/mol. The molecule has 2 heterocycles. The van der Waals surface area contributed by atoms with E-state index in [1.807, 2.05) is 35.2 Å². The number of amides is 1. The molecule has 1 aromatic heterocycles. The Morgan fingerprint density at radius 1 is 1.15 bits per heavy atom. The smallest absolute Gasteiger partial charge is 0.407 e. The number of fused-ring (bicyclic) bond motifs is 1. The molecule has 0 radical (unpaired) electrons. The summed E-state index contributed by atoms with van der Waals surface area (Å²) in [6, 6.07) is 12.0. The van der Waals surface area contributed by atoms with Gasteiger partial charge in [-0.15, -0.1) is 0 Å². The second-order valence-corrected chi connectivity index (χ2v) is 8.77. The van der Waals surface area contributed by atoms with Gasteiger partial charge in [-0.3, -0.25) is 4.79 Å². The van der Waals surface area contributed by atoms with Gasteiger partial charge in [0.15, 0.2) is 0 Å². The number of halogens is 1. The number of aromatic carboxylic acids is 1. The summed E-state index contributed by atoms with van der Waals surface area (Å²) < 4.78 is 22.1. The minimum Gasteiger partial charge on any atom is -0.477 e. The van der Waals surface area contributed by atoms with Crippen LogP contribution >= 0.6 is 0 Å². The molecule has 1 unspecified atom stereocenters. The zero-order valence-electron chi connectivity index (χ0n) is 18.4. The van der Waals surface area contributed by atoms with Crippen molar-refractivity contribution in [2.75, 3.05) is 18.0 Å². The van der Waals surface area contributed by atoms with Crippen LogP contribution < -0.4 is 15.6 Å². The lowest BCUT2D eigenvalue weighted by atomic mass is 10.1. The number of aromatic nitrogens is 1. The van der Waals surface area contributed by atoms with E-state index < -0.39 is 23.3 Å². The van der Waals surface area contributed by atoms with Crippen LogP contribution in [0, 0.1) is 5.82 Å². The van der Waals surface area contributed by atoms with E-state index in [2.05, 4.69) is 5.32 Å². The lowest BCUT2D eigenvalue weighted by molar-refractivity contribution is 0.0694. The maximum atomic E-state index is 15.1. The molecule has 2 N–H and O–H groups in total. The number of alkyl carbamates (subject to hydrolysis) is 1. The number of hydrogen-bond donors (Lipinski definition) is 2. The molecule has 1 saturated carbocycles. The zero-order valence-corrected chi connectivity index (χ0v) is 18.4. The van der Waals surface area contributed by atoms with Crippen molar-refractivity contribution >= 4 is 28.7 Å². The fourth-order valence-corrected chi connectivity index (χ4v) is 4.44. The molecule has 3 aromatic rings. The van der Waals surface area contributed by atoms with Gasteiger partial charge in [0.2, 0.25) is 5.43 Å². The summed E-state index contributed by atoms with van der Waals surface area (Å²) in [6.45, 7) is 1.08. The number of benzene rings is 2. The molecular weight excluding hydrogens is 441 g/mol. The molecule has 1 amide bonds. The average molecular weight is 465 g/mol. The van der Waals surface area contributed by atoms with Crippen molar-refractivity contribution in [2.45, 2.75) is 38.0 Å². The average Bonchev–Trinajstić information content (AvgIpc) is 3.57. The Bertz CT molecular complexity index is 1320. The molecule has 1 aliphatic heterocycles. The van der Waals surface area contributed by atoms with Gasteiger partial charge in [-0.25, -0.2) is 14.0 Å². The van der Waals surface area contributed by atoms with Gasteiger partial charge in [0.1, 0.15) is 18.0 Å². The minimum atomic E-state index is -1.32. The fourth-order valence-electron chi connectivity index (χ4n) is 4.44. The van der Waals surface area contributed by atoms with E-state index in [1.165, 1.54) is 6.20 Å². The Kier molecular flexibility index (Phi) is 5.69. The van der Waals surface area contributed by atoms with E-state index in [1.54, 1.807) is 10.6 Å². The van der Waals surface area contributed by atoms with Crippen LogP contribution in [0.3, 0.4) is 0 Å². The lowest BCUT2D eigenvalue weighted by Crippen LogP contribution is -2.37. The molecule has 5 rings (SSSR count). The molecule has 2 aliphatic rings. The largest absolute Gasteiger partial charge is 0.477 e. The summed E-state index contributed by atoms with van der Waals surface area (Å²) in [7, 11) is 0. The highest BCUT2D eigenvalue weighted by atomic mass is 19.1. The second-order valence-electron chi connectivity index (χ2n) is 8.77. The maximum Gasteiger partial charge on any atom is 0.407 e. The number of carbonyl (C=O) groups excluding carboxylic acids is 1. The summed E-state index contributed by atoms with van der Waals surface area (Å²) in [5.41, 5.74) is 0.689. The summed E-state index contributed by atoms with van der Waals surface area (Å²) in [5, 5.41) is 12.3. The van der Waals surface area contributed by atoms with Gasteiger partial charge < -0.3 is 24.6 Å². The molecule has 8 nitrogen and oxygen atoms in total. The van der Waals surface area contributed by atoms with Crippen LogP contribution in [0.5, 0.6) is 0 Å². The summed E-state index contributed by atoms with van der Waals surface area (Å²) >= 11 is 0. The van der Waals surface area contributed by atoms with Gasteiger partial charge in [0, 0.05) is 30.7 Å². The highest BCUT2D eigenvalue weighted by Gasteiger charge is 2.30. The molecule has 2 fully saturated rings. The van der Waals surface area contributed by atoms with E-state index in [0.717, 1.165) is 24.5 Å². The number of anilines is 1. The number of rotatable bonds is 6. The highest BCUT2D eigenvalue weighted by molar-refractivity contribution is 5.93. The van der Waals surface area contributed by atoms with Gasteiger partial charge in [0.25, 0.3) is 0 Å². The van der Waals surface area contributed by atoms with E-state index in [0.29, 0.717) is 30.7 Å². The van der Waals surface area contributed by atoms with E-state index in [-0.39, 0.29) is 29.6 Å². The molecule has 9 heteroatoms. The van der Waals surface area contributed by atoms with E-state index >= 15 is 4.39 Å². The van der Waals surface area contributed by atoms with Crippen LogP contribution in [-0.2, 0) is 11.3 Å². The SMILES string of the molecule is O=C(NC1CCN(c2cc3c(cc2F)c(=O)c(C(=O)O)cn3C2CC2)C1)OCc1ccccc1. The van der Waals surface area contributed by atoms with E-state index in [9.17, 15) is 19.5 Å². The normalized spacial score (nSPS) is 17.7. The number of carbonyl (C=O) groups is 2. The predicted molar refractivity (Wildman–Crippen MR) is 124 cm³/mol. The Hall–Kier alpha value is -3.88. The molecule has 1 atom stereocenters. The van der Waals surface area contributed by atoms with Gasteiger partial charge in [-0.1, -0.05) is 30.3 Å². The van der Waals surface area contributed by atoms with Crippen molar-refractivity contribution in [3.05, 3.63) is 75.8 Å². The molecule has 0 bridgehead atoms. The zero-order chi connectivity index (χ0) is 23.8. The van der Waals surface area contributed by atoms with Crippen molar-refractivity contribution in [1.82, 2.24) is 9.88 Å². The van der Waals surface area contributed by atoms with Crippen LogP contribution in [0.15, 0.2) is 53.5 Å². The number of carboxylic acids is 1. The van der Waals surface area contributed by atoms with Crippen molar-refractivity contribution in [3.8, 4) is 0 Å². The molecule has 176 valence electrons. The first-order valence-corrected chi connectivity index (χ1v) is 11.2.